The third-order valence-corrected chi connectivity index (χ3v) is 3.17. The monoisotopic (exact) mass is 264 g/mol. The van der Waals surface area contributed by atoms with E-state index >= 15 is 0 Å². The van der Waals surface area contributed by atoms with E-state index in [-0.39, 0.29) is 6.10 Å². The standard InChI is InChI=1S/C12H16N4OS/c1-8(2)17-11-4-5-13-12(16-11)14-6-10-9(3)15-7-18-10/h4-5,7-8H,6H2,1-3H3,(H,13,14,16). The summed E-state index contributed by atoms with van der Waals surface area (Å²) in [6.07, 6.45) is 1.79. The molecule has 0 aliphatic heterocycles. The second-order valence-corrected chi connectivity index (χ2v) is 5.04. The number of hydrogen-bond donors (Lipinski definition) is 1. The maximum absolute atomic E-state index is 5.51. The van der Waals surface area contributed by atoms with E-state index in [1.54, 1.807) is 23.6 Å². The van der Waals surface area contributed by atoms with Crippen molar-refractivity contribution in [3.05, 3.63) is 28.3 Å². The SMILES string of the molecule is Cc1ncsc1CNc1nccc(OC(C)C)n1. The summed E-state index contributed by atoms with van der Waals surface area (Å²) >= 11 is 1.62. The van der Waals surface area contributed by atoms with Gasteiger partial charge in [-0.05, 0) is 20.8 Å². The van der Waals surface area contributed by atoms with Crippen LogP contribution in [0.1, 0.15) is 24.4 Å². The van der Waals surface area contributed by atoms with Crippen molar-refractivity contribution in [1.29, 1.82) is 0 Å². The van der Waals surface area contributed by atoms with Gasteiger partial charge in [-0.3, -0.25) is 0 Å². The number of nitrogens with zero attached hydrogens (tertiary/aromatic N) is 3. The highest BCUT2D eigenvalue weighted by Crippen LogP contribution is 2.15. The summed E-state index contributed by atoms with van der Waals surface area (Å²) < 4.78 is 5.51. The van der Waals surface area contributed by atoms with Crippen LogP contribution >= 0.6 is 11.3 Å². The molecular weight excluding hydrogens is 248 g/mol. The summed E-state index contributed by atoms with van der Waals surface area (Å²) in [6.45, 7) is 6.61. The minimum atomic E-state index is 0.108. The fraction of sp³-hybridized carbons (Fsp3) is 0.417. The molecule has 96 valence electrons. The van der Waals surface area contributed by atoms with Crippen LogP contribution in [0.25, 0.3) is 0 Å². The lowest BCUT2D eigenvalue weighted by Crippen LogP contribution is -2.09. The smallest absolute Gasteiger partial charge is 0.226 e. The Morgan fingerprint density at radius 2 is 2.22 bits per heavy atom. The van der Waals surface area contributed by atoms with Crippen molar-refractivity contribution in [2.45, 2.75) is 33.4 Å². The first-order valence-corrected chi connectivity index (χ1v) is 6.65. The molecule has 0 aromatic carbocycles. The largest absolute Gasteiger partial charge is 0.475 e. The quantitative estimate of drug-likeness (QED) is 0.899. The number of aryl methyl sites for hydroxylation is 1. The Morgan fingerprint density at radius 1 is 1.39 bits per heavy atom. The van der Waals surface area contributed by atoms with Gasteiger partial charge >= 0.3 is 0 Å². The first-order valence-electron chi connectivity index (χ1n) is 5.77. The highest BCUT2D eigenvalue weighted by molar-refractivity contribution is 7.09. The van der Waals surface area contributed by atoms with Crippen molar-refractivity contribution >= 4 is 17.3 Å². The van der Waals surface area contributed by atoms with Crippen LogP contribution in [0.3, 0.4) is 0 Å². The van der Waals surface area contributed by atoms with E-state index in [0.29, 0.717) is 18.4 Å². The number of hydrogen-bond acceptors (Lipinski definition) is 6. The van der Waals surface area contributed by atoms with Gasteiger partial charge in [0.2, 0.25) is 11.8 Å². The molecule has 0 amide bonds. The van der Waals surface area contributed by atoms with Crippen molar-refractivity contribution in [3.8, 4) is 5.88 Å². The molecule has 18 heavy (non-hydrogen) atoms. The molecule has 0 radical (unpaired) electrons. The molecule has 2 rings (SSSR count). The van der Waals surface area contributed by atoms with Gasteiger partial charge in [0, 0.05) is 17.1 Å². The van der Waals surface area contributed by atoms with E-state index in [0.717, 1.165) is 5.69 Å². The van der Waals surface area contributed by atoms with Gasteiger partial charge in [-0.15, -0.1) is 11.3 Å². The second-order valence-electron chi connectivity index (χ2n) is 4.10. The van der Waals surface area contributed by atoms with Crippen molar-refractivity contribution in [2.75, 3.05) is 5.32 Å². The van der Waals surface area contributed by atoms with Crippen LogP contribution in [0, 0.1) is 6.92 Å². The normalized spacial score (nSPS) is 10.7. The molecule has 0 aliphatic rings. The molecule has 0 saturated carbocycles. The van der Waals surface area contributed by atoms with Crippen LogP contribution in [0.15, 0.2) is 17.8 Å². The molecular formula is C12H16N4OS. The van der Waals surface area contributed by atoms with E-state index in [1.807, 2.05) is 26.3 Å². The number of anilines is 1. The van der Waals surface area contributed by atoms with Crippen LogP contribution < -0.4 is 10.1 Å². The molecule has 5 nitrogen and oxygen atoms in total. The van der Waals surface area contributed by atoms with E-state index in [2.05, 4.69) is 20.3 Å². The Bertz CT molecular complexity index is 512. The van der Waals surface area contributed by atoms with Crippen molar-refractivity contribution in [1.82, 2.24) is 15.0 Å². The van der Waals surface area contributed by atoms with Gasteiger partial charge < -0.3 is 10.1 Å². The second kappa shape index (κ2) is 5.77. The molecule has 1 N–H and O–H groups in total. The molecule has 0 saturated heterocycles. The molecule has 0 unspecified atom stereocenters. The third kappa shape index (κ3) is 3.40. The molecule has 0 bridgehead atoms. The zero-order chi connectivity index (χ0) is 13.0. The fourth-order valence-electron chi connectivity index (χ4n) is 1.39. The average molecular weight is 264 g/mol. The molecule has 0 aliphatic carbocycles. The van der Waals surface area contributed by atoms with Crippen LogP contribution in [0.4, 0.5) is 5.95 Å². The number of aromatic nitrogens is 3. The maximum Gasteiger partial charge on any atom is 0.226 e. The zero-order valence-electron chi connectivity index (χ0n) is 10.7. The highest BCUT2D eigenvalue weighted by Gasteiger charge is 2.04. The first-order chi connectivity index (χ1) is 8.65. The topological polar surface area (TPSA) is 59.9 Å². The molecule has 2 heterocycles. The van der Waals surface area contributed by atoms with Gasteiger partial charge in [-0.1, -0.05) is 0 Å². The maximum atomic E-state index is 5.51. The average Bonchev–Trinajstić information content (AvgIpc) is 2.72. The van der Waals surface area contributed by atoms with Gasteiger partial charge in [0.1, 0.15) is 0 Å². The number of nitrogens with one attached hydrogen (secondary N) is 1. The van der Waals surface area contributed by atoms with Gasteiger partial charge in [-0.25, -0.2) is 9.97 Å². The fourth-order valence-corrected chi connectivity index (χ4v) is 2.11. The first kappa shape index (κ1) is 12.8. The molecule has 6 heteroatoms. The van der Waals surface area contributed by atoms with Crippen molar-refractivity contribution in [3.63, 3.8) is 0 Å². The molecule has 2 aromatic heterocycles. The molecule has 0 atom stereocenters. The predicted octanol–water partition coefficient (Wildman–Crippen LogP) is 2.64. The van der Waals surface area contributed by atoms with Crippen LogP contribution in [0.2, 0.25) is 0 Å². The Hall–Kier alpha value is -1.69. The third-order valence-electron chi connectivity index (χ3n) is 2.24. The van der Waals surface area contributed by atoms with Crippen molar-refractivity contribution < 1.29 is 4.74 Å². The lowest BCUT2D eigenvalue weighted by atomic mass is 10.4. The van der Waals surface area contributed by atoms with E-state index in [1.165, 1.54) is 4.88 Å². The van der Waals surface area contributed by atoms with Crippen LogP contribution in [-0.4, -0.2) is 21.1 Å². The van der Waals surface area contributed by atoms with Gasteiger partial charge in [0.15, 0.2) is 0 Å². The van der Waals surface area contributed by atoms with Crippen LogP contribution in [-0.2, 0) is 6.54 Å². The van der Waals surface area contributed by atoms with Gasteiger partial charge in [0.25, 0.3) is 0 Å². The van der Waals surface area contributed by atoms with Gasteiger partial charge in [0.05, 0.1) is 23.9 Å². The zero-order valence-corrected chi connectivity index (χ0v) is 11.5. The van der Waals surface area contributed by atoms with Crippen molar-refractivity contribution in [2.24, 2.45) is 0 Å². The van der Waals surface area contributed by atoms with Gasteiger partial charge in [-0.2, -0.15) is 4.98 Å². The predicted molar refractivity (Wildman–Crippen MR) is 72.0 cm³/mol. The Morgan fingerprint density at radius 3 is 2.89 bits per heavy atom. The summed E-state index contributed by atoms with van der Waals surface area (Å²) in [7, 11) is 0. The minimum absolute atomic E-state index is 0.108. The summed E-state index contributed by atoms with van der Waals surface area (Å²) in [5.41, 5.74) is 2.88. The Kier molecular flexibility index (Phi) is 4.09. The molecule has 0 spiro atoms. The molecule has 2 aromatic rings. The van der Waals surface area contributed by atoms with Crippen LogP contribution in [0.5, 0.6) is 5.88 Å². The summed E-state index contributed by atoms with van der Waals surface area (Å²) in [5.74, 6) is 1.16. The summed E-state index contributed by atoms with van der Waals surface area (Å²) in [6, 6.07) is 1.75. The van der Waals surface area contributed by atoms with E-state index in [4.69, 9.17) is 4.74 Å². The highest BCUT2D eigenvalue weighted by atomic mass is 32.1. The number of thiazole rings is 1. The summed E-state index contributed by atoms with van der Waals surface area (Å²) in [5, 5.41) is 3.17. The Labute approximate surface area is 110 Å². The summed E-state index contributed by atoms with van der Waals surface area (Å²) in [4.78, 5) is 13.8. The lowest BCUT2D eigenvalue weighted by Gasteiger charge is -2.09. The number of ether oxygens (including phenoxy) is 1. The lowest BCUT2D eigenvalue weighted by molar-refractivity contribution is 0.232. The molecule has 0 fully saturated rings. The Balaban J connectivity index is 1.99. The van der Waals surface area contributed by atoms with E-state index < -0.39 is 0 Å². The number of rotatable bonds is 5. The minimum Gasteiger partial charge on any atom is -0.475 e. The van der Waals surface area contributed by atoms with E-state index in [9.17, 15) is 0 Å².